The van der Waals surface area contributed by atoms with Gasteiger partial charge in [0.05, 0.1) is 7.11 Å². The van der Waals surface area contributed by atoms with Gasteiger partial charge in [0.25, 0.3) is 0 Å². The van der Waals surface area contributed by atoms with Crippen molar-refractivity contribution in [3.63, 3.8) is 0 Å². The lowest BCUT2D eigenvalue weighted by Gasteiger charge is -2.09. The summed E-state index contributed by atoms with van der Waals surface area (Å²) >= 11 is 1.71. The van der Waals surface area contributed by atoms with E-state index in [9.17, 15) is 0 Å². The fourth-order valence-electron chi connectivity index (χ4n) is 1.59. The molecule has 2 heteroatoms. The van der Waals surface area contributed by atoms with Crippen LogP contribution in [0.4, 0.5) is 0 Å². The first kappa shape index (κ1) is 9.41. The Kier molecular flexibility index (Phi) is 2.64. The van der Waals surface area contributed by atoms with Crippen LogP contribution in [0.5, 0.6) is 5.75 Å². The number of hydrogen-bond acceptors (Lipinski definition) is 2. The Morgan fingerprint density at radius 3 is 2.57 bits per heavy atom. The van der Waals surface area contributed by atoms with Crippen LogP contribution in [0.2, 0.25) is 0 Å². The topological polar surface area (TPSA) is 9.23 Å². The minimum atomic E-state index is 0.982. The van der Waals surface area contributed by atoms with E-state index in [1.807, 2.05) is 12.1 Å². The van der Waals surface area contributed by atoms with Crippen LogP contribution in [0.25, 0.3) is 10.8 Å². The Bertz CT molecular complexity index is 451. The number of benzene rings is 2. The fraction of sp³-hybridized carbons (Fsp3) is 0.167. The highest BCUT2D eigenvalue weighted by Crippen LogP contribution is 2.34. The van der Waals surface area contributed by atoms with Gasteiger partial charge in [-0.05, 0) is 17.7 Å². The maximum absolute atomic E-state index is 5.43. The zero-order chi connectivity index (χ0) is 9.97. The molecule has 0 N–H and O–H groups in total. The Morgan fingerprint density at radius 1 is 1.07 bits per heavy atom. The molecule has 0 amide bonds. The normalized spacial score (nSPS) is 10.4. The van der Waals surface area contributed by atoms with Gasteiger partial charge in [-0.15, -0.1) is 11.8 Å². The predicted octanol–water partition coefficient (Wildman–Crippen LogP) is 3.57. The van der Waals surface area contributed by atoms with Crippen molar-refractivity contribution in [2.45, 2.75) is 4.90 Å². The highest BCUT2D eigenvalue weighted by atomic mass is 32.2. The lowest BCUT2D eigenvalue weighted by molar-refractivity contribution is 0.410. The summed E-state index contributed by atoms with van der Waals surface area (Å²) in [4.78, 5) is 1.19. The molecule has 72 valence electrons. The second-order valence-corrected chi connectivity index (χ2v) is 3.87. The first-order valence-corrected chi connectivity index (χ1v) is 5.69. The van der Waals surface area contributed by atoms with E-state index >= 15 is 0 Å². The van der Waals surface area contributed by atoms with E-state index in [0.29, 0.717) is 0 Å². The first-order valence-electron chi connectivity index (χ1n) is 4.46. The number of ether oxygens (including phenoxy) is 1. The van der Waals surface area contributed by atoms with Crippen molar-refractivity contribution in [2.24, 2.45) is 0 Å². The second-order valence-electron chi connectivity index (χ2n) is 3.02. The third-order valence-corrected chi connectivity index (χ3v) is 3.03. The van der Waals surface area contributed by atoms with E-state index in [2.05, 4.69) is 30.5 Å². The molecule has 0 aliphatic heterocycles. The van der Waals surface area contributed by atoms with Crippen LogP contribution in [0.1, 0.15) is 0 Å². The first-order chi connectivity index (χ1) is 6.86. The summed E-state index contributed by atoms with van der Waals surface area (Å²) < 4.78 is 5.43. The van der Waals surface area contributed by atoms with Gasteiger partial charge in [0, 0.05) is 10.3 Å². The number of fused-ring (bicyclic) bond motifs is 1. The molecule has 0 aliphatic rings. The molecule has 0 bridgehead atoms. The van der Waals surface area contributed by atoms with Crippen molar-refractivity contribution in [2.75, 3.05) is 13.4 Å². The van der Waals surface area contributed by atoms with Crippen LogP contribution in [0.15, 0.2) is 41.3 Å². The molecule has 0 aromatic heterocycles. The molecule has 2 rings (SSSR count). The van der Waals surface area contributed by atoms with E-state index in [4.69, 9.17) is 4.74 Å². The van der Waals surface area contributed by atoms with Crippen LogP contribution in [-0.2, 0) is 0 Å². The molecular formula is C12H12OS. The van der Waals surface area contributed by atoms with Gasteiger partial charge in [-0.25, -0.2) is 0 Å². The highest BCUT2D eigenvalue weighted by molar-refractivity contribution is 7.98. The summed E-state index contributed by atoms with van der Waals surface area (Å²) in [6, 6.07) is 12.5. The number of hydrogen-bond donors (Lipinski definition) is 0. The summed E-state index contributed by atoms with van der Waals surface area (Å²) in [6.45, 7) is 0. The molecule has 0 atom stereocenters. The Morgan fingerprint density at radius 2 is 1.86 bits per heavy atom. The third-order valence-electron chi connectivity index (χ3n) is 2.27. The monoisotopic (exact) mass is 204 g/mol. The molecule has 0 unspecified atom stereocenters. The summed E-state index contributed by atoms with van der Waals surface area (Å²) in [5, 5.41) is 2.41. The summed E-state index contributed by atoms with van der Waals surface area (Å²) in [5.41, 5.74) is 0. The quantitative estimate of drug-likeness (QED) is 0.692. The SMILES string of the molecule is COc1c(SC)ccc2ccccc12. The van der Waals surface area contributed by atoms with Crippen molar-refractivity contribution in [1.29, 1.82) is 0 Å². The molecule has 0 heterocycles. The summed E-state index contributed by atoms with van der Waals surface area (Å²) in [7, 11) is 1.72. The Labute approximate surface area is 88.1 Å². The number of rotatable bonds is 2. The number of thioether (sulfide) groups is 1. The molecule has 1 nitrogen and oxygen atoms in total. The average Bonchev–Trinajstić information content (AvgIpc) is 2.27. The minimum absolute atomic E-state index is 0.982. The van der Waals surface area contributed by atoms with Gasteiger partial charge in [-0.2, -0.15) is 0 Å². The van der Waals surface area contributed by atoms with Gasteiger partial charge >= 0.3 is 0 Å². The maximum atomic E-state index is 5.43. The van der Waals surface area contributed by atoms with Crippen LogP contribution in [-0.4, -0.2) is 13.4 Å². The molecule has 0 aliphatic carbocycles. The molecule has 0 spiro atoms. The zero-order valence-corrected chi connectivity index (χ0v) is 9.10. The molecule has 0 radical (unpaired) electrons. The van der Waals surface area contributed by atoms with Gasteiger partial charge in [0.1, 0.15) is 5.75 Å². The Hall–Kier alpha value is -1.15. The van der Waals surface area contributed by atoms with Crippen LogP contribution in [0.3, 0.4) is 0 Å². The van der Waals surface area contributed by atoms with Crippen molar-refractivity contribution in [3.05, 3.63) is 36.4 Å². The molecule has 0 saturated carbocycles. The standard InChI is InChI=1S/C12H12OS/c1-13-12-10-6-4-3-5-9(10)7-8-11(12)14-2/h3-8H,1-2H3. The van der Waals surface area contributed by atoms with Gasteiger partial charge < -0.3 is 4.74 Å². The highest BCUT2D eigenvalue weighted by Gasteiger charge is 2.05. The van der Waals surface area contributed by atoms with Crippen molar-refractivity contribution >= 4 is 22.5 Å². The molecule has 2 aromatic rings. The van der Waals surface area contributed by atoms with Crippen LogP contribution in [0, 0.1) is 0 Å². The van der Waals surface area contributed by atoms with Gasteiger partial charge in [0.15, 0.2) is 0 Å². The zero-order valence-electron chi connectivity index (χ0n) is 8.28. The van der Waals surface area contributed by atoms with Crippen LogP contribution >= 0.6 is 11.8 Å². The molecule has 2 aromatic carbocycles. The lowest BCUT2D eigenvalue weighted by Crippen LogP contribution is -1.87. The molecule has 0 fully saturated rings. The van der Waals surface area contributed by atoms with Crippen molar-refractivity contribution < 1.29 is 4.74 Å². The van der Waals surface area contributed by atoms with Gasteiger partial charge in [-0.3, -0.25) is 0 Å². The fourth-order valence-corrected chi connectivity index (χ4v) is 2.18. The van der Waals surface area contributed by atoms with E-state index in [0.717, 1.165) is 5.75 Å². The second kappa shape index (κ2) is 3.93. The number of methoxy groups -OCH3 is 1. The largest absolute Gasteiger partial charge is 0.495 e. The third kappa shape index (κ3) is 1.46. The molecular weight excluding hydrogens is 192 g/mol. The van der Waals surface area contributed by atoms with Crippen LogP contribution < -0.4 is 4.74 Å². The van der Waals surface area contributed by atoms with E-state index < -0.39 is 0 Å². The molecule has 0 saturated heterocycles. The van der Waals surface area contributed by atoms with Crippen molar-refractivity contribution in [1.82, 2.24) is 0 Å². The van der Waals surface area contributed by atoms with E-state index in [1.54, 1.807) is 18.9 Å². The average molecular weight is 204 g/mol. The van der Waals surface area contributed by atoms with Gasteiger partial charge in [-0.1, -0.05) is 30.3 Å². The van der Waals surface area contributed by atoms with E-state index in [1.165, 1.54) is 15.7 Å². The maximum Gasteiger partial charge on any atom is 0.140 e. The minimum Gasteiger partial charge on any atom is -0.495 e. The van der Waals surface area contributed by atoms with Crippen molar-refractivity contribution in [3.8, 4) is 5.75 Å². The predicted molar refractivity (Wildman–Crippen MR) is 62.3 cm³/mol. The van der Waals surface area contributed by atoms with E-state index in [-0.39, 0.29) is 0 Å². The Balaban J connectivity index is 2.77. The van der Waals surface area contributed by atoms with Gasteiger partial charge in [0.2, 0.25) is 0 Å². The summed E-state index contributed by atoms with van der Waals surface area (Å²) in [5.74, 6) is 0.982. The molecule has 14 heavy (non-hydrogen) atoms. The summed E-state index contributed by atoms with van der Waals surface area (Å²) in [6.07, 6.45) is 2.06. The lowest BCUT2D eigenvalue weighted by atomic mass is 10.1. The smallest absolute Gasteiger partial charge is 0.140 e.